The summed E-state index contributed by atoms with van der Waals surface area (Å²) >= 11 is 3.28. The van der Waals surface area contributed by atoms with Gasteiger partial charge in [0.1, 0.15) is 16.0 Å². The van der Waals surface area contributed by atoms with Crippen LogP contribution in [-0.4, -0.2) is 50.5 Å². The van der Waals surface area contributed by atoms with Crippen molar-refractivity contribution in [2.24, 2.45) is 14.1 Å². The molecule has 0 N–H and O–H groups in total. The molecule has 15 heteroatoms. The molecule has 0 unspecified atom stereocenters. The molecule has 5 rings (SSSR count). The van der Waals surface area contributed by atoms with Crippen molar-refractivity contribution in [1.82, 2.24) is 24.1 Å². The van der Waals surface area contributed by atoms with Crippen LogP contribution in [0.1, 0.15) is 6.92 Å². The molecule has 0 amide bonds. The van der Waals surface area contributed by atoms with Crippen molar-refractivity contribution in [3.8, 4) is 34.5 Å². The van der Waals surface area contributed by atoms with Crippen LogP contribution in [0.15, 0.2) is 40.0 Å². The summed E-state index contributed by atoms with van der Waals surface area (Å²) in [5, 5.41) is -0.143. The van der Waals surface area contributed by atoms with Gasteiger partial charge in [0.15, 0.2) is 38.0 Å². The van der Waals surface area contributed by atoms with E-state index in [2.05, 4.69) is 40.4 Å². The Morgan fingerprint density at radius 3 is 2.19 bits per heavy atom. The number of ether oxygens (including phenoxy) is 2. The van der Waals surface area contributed by atoms with Crippen LogP contribution >= 0.6 is 15.9 Å². The van der Waals surface area contributed by atoms with Crippen LogP contribution in [0.2, 0.25) is 0 Å². The third-order valence-electron chi connectivity index (χ3n) is 5.63. The van der Waals surface area contributed by atoms with E-state index in [4.69, 9.17) is 0 Å². The van der Waals surface area contributed by atoms with Gasteiger partial charge in [-0.3, -0.25) is 0 Å². The van der Waals surface area contributed by atoms with Gasteiger partial charge in [-0.15, -0.1) is 0 Å². The minimum absolute atomic E-state index is 0.0229. The molecule has 3 aromatic heterocycles. The Kier molecular flexibility index (Phi) is 5.37. The molecular weight excluding hydrogens is 574 g/mol. The Morgan fingerprint density at radius 1 is 0.944 bits per heavy atom. The summed E-state index contributed by atoms with van der Waals surface area (Å²) in [4.78, 5) is 13.2. The van der Waals surface area contributed by atoms with E-state index in [9.17, 15) is 26.0 Å². The standard InChI is InChI=1S/C21H16BrF4N5O4S/c1-4-36(32,33)19-16(29-17(31(19)3)10-6-5-7-15(22)27-10)18-28-11-8-13-14(9-12(11)30(18)2)35-21(25,26)20(23,24)34-13/h5-9H,4H2,1-3H3. The Labute approximate surface area is 209 Å². The van der Waals surface area contributed by atoms with Crippen molar-refractivity contribution < 1.29 is 35.5 Å². The van der Waals surface area contributed by atoms with Crippen LogP contribution in [0.25, 0.3) is 34.1 Å². The minimum atomic E-state index is -4.89. The topological polar surface area (TPSA) is 101 Å². The second kappa shape index (κ2) is 7.90. The van der Waals surface area contributed by atoms with E-state index in [0.29, 0.717) is 10.3 Å². The molecule has 1 aliphatic rings. The van der Waals surface area contributed by atoms with Crippen LogP contribution in [0.5, 0.6) is 11.5 Å². The van der Waals surface area contributed by atoms with E-state index >= 15 is 0 Å². The van der Waals surface area contributed by atoms with Crippen LogP contribution in [0.4, 0.5) is 17.6 Å². The molecule has 1 aliphatic heterocycles. The first kappa shape index (κ1) is 24.5. The van der Waals surface area contributed by atoms with Gasteiger partial charge in [-0.25, -0.2) is 23.4 Å². The highest BCUT2D eigenvalue weighted by molar-refractivity contribution is 9.10. The van der Waals surface area contributed by atoms with E-state index in [-0.39, 0.29) is 39.2 Å². The van der Waals surface area contributed by atoms with Crippen molar-refractivity contribution in [1.29, 1.82) is 0 Å². The highest BCUT2D eigenvalue weighted by Gasteiger charge is 2.66. The van der Waals surface area contributed by atoms with E-state index in [1.54, 1.807) is 18.2 Å². The van der Waals surface area contributed by atoms with E-state index < -0.39 is 33.6 Å². The number of fused-ring (bicyclic) bond motifs is 2. The maximum atomic E-state index is 13.7. The van der Waals surface area contributed by atoms with Gasteiger partial charge in [-0.2, -0.15) is 17.6 Å². The second-order valence-corrected chi connectivity index (χ2v) is 10.9. The van der Waals surface area contributed by atoms with Gasteiger partial charge in [0.05, 0.1) is 16.8 Å². The number of aryl methyl sites for hydroxylation is 1. The molecule has 0 aliphatic carbocycles. The van der Waals surface area contributed by atoms with Crippen molar-refractivity contribution in [2.45, 2.75) is 24.2 Å². The first-order valence-electron chi connectivity index (χ1n) is 10.3. The molecule has 36 heavy (non-hydrogen) atoms. The fraction of sp³-hybridized carbons (Fsp3) is 0.286. The lowest BCUT2D eigenvalue weighted by Gasteiger charge is -2.31. The maximum absolute atomic E-state index is 13.7. The SMILES string of the molecule is CCS(=O)(=O)c1c(-c2nc3cc4c(cc3n2C)OC(F)(F)C(F)(F)O4)nc(-c2cccc(Br)n2)n1C. The van der Waals surface area contributed by atoms with Crippen molar-refractivity contribution >= 4 is 36.8 Å². The number of nitrogens with zero attached hydrogens (tertiary/aromatic N) is 5. The number of halogens is 5. The van der Waals surface area contributed by atoms with Gasteiger partial charge in [0.2, 0.25) is 0 Å². The van der Waals surface area contributed by atoms with Crippen molar-refractivity contribution in [3.63, 3.8) is 0 Å². The van der Waals surface area contributed by atoms with Crippen LogP contribution in [-0.2, 0) is 23.9 Å². The lowest BCUT2D eigenvalue weighted by atomic mass is 10.2. The Bertz CT molecular complexity index is 1650. The number of rotatable bonds is 4. The molecule has 0 saturated carbocycles. The smallest absolute Gasteiger partial charge is 0.421 e. The van der Waals surface area contributed by atoms with Crippen LogP contribution < -0.4 is 9.47 Å². The number of sulfone groups is 1. The minimum Gasteiger partial charge on any atom is -0.421 e. The predicted octanol–water partition coefficient (Wildman–Crippen LogP) is 4.55. The fourth-order valence-electron chi connectivity index (χ4n) is 3.85. The summed E-state index contributed by atoms with van der Waals surface area (Å²) in [5.74, 6) is -1.21. The lowest BCUT2D eigenvalue weighted by Crippen LogP contribution is -2.52. The summed E-state index contributed by atoms with van der Waals surface area (Å²) < 4.78 is 92.5. The molecule has 9 nitrogen and oxygen atoms in total. The zero-order valence-corrected chi connectivity index (χ0v) is 21.2. The van der Waals surface area contributed by atoms with Gasteiger partial charge in [0.25, 0.3) is 0 Å². The quantitative estimate of drug-likeness (QED) is 0.254. The molecule has 0 spiro atoms. The number of hydrogen-bond donors (Lipinski definition) is 0. The van der Waals surface area contributed by atoms with Crippen molar-refractivity contribution in [3.05, 3.63) is 34.9 Å². The van der Waals surface area contributed by atoms with E-state index in [0.717, 1.165) is 12.1 Å². The summed E-state index contributed by atoms with van der Waals surface area (Å²) in [7, 11) is -0.826. The molecule has 0 atom stereocenters. The summed E-state index contributed by atoms with van der Waals surface area (Å²) in [6.45, 7) is 1.47. The average Bonchev–Trinajstić information content (AvgIpc) is 3.30. The van der Waals surface area contributed by atoms with Gasteiger partial charge in [0, 0.05) is 26.2 Å². The molecule has 0 bridgehead atoms. The number of aromatic nitrogens is 5. The number of alkyl halides is 4. The van der Waals surface area contributed by atoms with E-state index in [1.165, 1.54) is 30.2 Å². The maximum Gasteiger partial charge on any atom is 0.507 e. The van der Waals surface area contributed by atoms with Crippen molar-refractivity contribution in [2.75, 3.05) is 5.75 Å². The molecule has 190 valence electrons. The lowest BCUT2D eigenvalue weighted by molar-refractivity contribution is -0.391. The van der Waals surface area contributed by atoms with E-state index in [1.807, 2.05) is 0 Å². The third-order valence-corrected chi connectivity index (χ3v) is 7.89. The van der Waals surface area contributed by atoms with Gasteiger partial charge >= 0.3 is 12.2 Å². The van der Waals surface area contributed by atoms with Gasteiger partial charge in [-0.1, -0.05) is 13.0 Å². The van der Waals surface area contributed by atoms with Gasteiger partial charge in [-0.05, 0) is 28.1 Å². The summed E-state index contributed by atoms with van der Waals surface area (Å²) in [5.41, 5.74) is 0.626. The first-order valence-corrected chi connectivity index (χ1v) is 12.8. The number of hydrogen-bond acceptors (Lipinski definition) is 7. The fourth-order valence-corrected chi connectivity index (χ4v) is 5.40. The van der Waals surface area contributed by atoms with Crippen LogP contribution in [0, 0.1) is 0 Å². The number of imidazole rings is 2. The number of pyridine rings is 1. The molecule has 0 radical (unpaired) electrons. The highest BCUT2D eigenvalue weighted by Crippen LogP contribution is 2.48. The molecule has 4 heterocycles. The van der Waals surface area contributed by atoms with Crippen LogP contribution in [0.3, 0.4) is 0 Å². The second-order valence-electron chi connectivity index (χ2n) is 7.92. The monoisotopic (exact) mass is 589 g/mol. The molecule has 0 saturated heterocycles. The highest BCUT2D eigenvalue weighted by atomic mass is 79.9. The summed E-state index contributed by atoms with van der Waals surface area (Å²) in [6, 6.07) is 7.14. The molecule has 4 aromatic rings. The molecule has 1 aromatic carbocycles. The Hall–Kier alpha value is -3.20. The third kappa shape index (κ3) is 3.63. The molecular formula is C21H16BrF4N5O4S. The normalized spacial score (nSPS) is 16.4. The Morgan fingerprint density at radius 2 is 1.58 bits per heavy atom. The zero-order chi connectivity index (χ0) is 26.2. The predicted molar refractivity (Wildman–Crippen MR) is 123 cm³/mol. The van der Waals surface area contributed by atoms with Gasteiger partial charge < -0.3 is 18.6 Å². The largest absolute Gasteiger partial charge is 0.507 e. The first-order chi connectivity index (χ1) is 16.8. The Balaban J connectivity index is 1.75. The zero-order valence-electron chi connectivity index (χ0n) is 18.8. The average molecular weight is 590 g/mol. The molecule has 0 fully saturated rings. The summed E-state index contributed by atoms with van der Waals surface area (Å²) in [6.07, 6.45) is -9.77. The number of benzene rings is 1.